The minimum absolute atomic E-state index is 0.0184. The third-order valence-electron chi connectivity index (χ3n) is 2.91. The molecule has 0 aliphatic rings. The van der Waals surface area contributed by atoms with Crippen molar-refractivity contribution >= 4 is 11.7 Å². The van der Waals surface area contributed by atoms with Gasteiger partial charge in [-0.15, -0.1) is 0 Å². The Morgan fingerprint density at radius 3 is 2.00 bits per heavy atom. The second kappa shape index (κ2) is 16.8. The summed E-state index contributed by atoms with van der Waals surface area (Å²) in [5.74, 6) is 0.144. The molecule has 24 heavy (non-hydrogen) atoms. The first-order valence-electron chi connectivity index (χ1n) is 8.63. The van der Waals surface area contributed by atoms with Crippen molar-refractivity contribution in [1.82, 2.24) is 5.32 Å². The predicted molar refractivity (Wildman–Crippen MR) is 91.1 cm³/mol. The molecule has 0 aliphatic carbocycles. The first-order valence-corrected chi connectivity index (χ1v) is 8.63. The molecule has 0 heterocycles. The van der Waals surface area contributed by atoms with Crippen LogP contribution < -0.4 is 5.32 Å². The molecule has 0 saturated heterocycles. The molecule has 142 valence electrons. The monoisotopic (exact) mass is 347 g/mol. The van der Waals surface area contributed by atoms with Gasteiger partial charge in [-0.2, -0.15) is 0 Å². The standard InChI is InChI=1S/C17H33NO6/c1-15(2)24-8-4-5-17(20)18-7-10-22-12-14-23-13-11-21-9-6-16(3)19/h15H,4-14H2,1-3H3,(H,18,20). The Bertz CT molecular complexity index is 322. The largest absolute Gasteiger partial charge is 0.379 e. The molecule has 1 amide bonds. The van der Waals surface area contributed by atoms with E-state index in [4.69, 9.17) is 18.9 Å². The van der Waals surface area contributed by atoms with E-state index >= 15 is 0 Å². The quantitative estimate of drug-likeness (QED) is 0.400. The summed E-state index contributed by atoms with van der Waals surface area (Å²) in [4.78, 5) is 22.2. The summed E-state index contributed by atoms with van der Waals surface area (Å²) in [6, 6.07) is 0. The summed E-state index contributed by atoms with van der Waals surface area (Å²) < 4.78 is 21.3. The SMILES string of the molecule is CC(=O)CCOCCOCCOCCNC(=O)CCCOC(C)C. The maximum atomic E-state index is 11.5. The fraction of sp³-hybridized carbons (Fsp3) is 0.882. The lowest BCUT2D eigenvalue weighted by Gasteiger charge is -2.08. The Hall–Kier alpha value is -1.02. The van der Waals surface area contributed by atoms with E-state index in [2.05, 4.69) is 5.32 Å². The minimum Gasteiger partial charge on any atom is -0.379 e. The maximum absolute atomic E-state index is 11.5. The molecule has 0 aromatic carbocycles. The zero-order chi connectivity index (χ0) is 18.0. The third-order valence-corrected chi connectivity index (χ3v) is 2.91. The van der Waals surface area contributed by atoms with Crippen molar-refractivity contribution in [2.45, 2.75) is 46.1 Å². The van der Waals surface area contributed by atoms with Crippen LogP contribution in [0.2, 0.25) is 0 Å². The van der Waals surface area contributed by atoms with E-state index < -0.39 is 0 Å². The van der Waals surface area contributed by atoms with Gasteiger partial charge in [0, 0.05) is 26.0 Å². The molecular weight excluding hydrogens is 314 g/mol. The summed E-state index contributed by atoms with van der Waals surface area (Å²) in [6.45, 7) is 9.43. The molecule has 0 rings (SSSR count). The second-order valence-electron chi connectivity index (χ2n) is 5.66. The van der Waals surface area contributed by atoms with Crippen LogP contribution in [0.3, 0.4) is 0 Å². The van der Waals surface area contributed by atoms with Gasteiger partial charge >= 0.3 is 0 Å². The van der Waals surface area contributed by atoms with Crippen LogP contribution in [0.4, 0.5) is 0 Å². The van der Waals surface area contributed by atoms with Crippen molar-refractivity contribution in [2.24, 2.45) is 0 Å². The van der Waals surface area contributed by atoms with E-state index in [1.807, 2.05) is 13.8 Å². The van der Waals surface area contributed by atoms with Gasteiger partial charge in [0.15, 0.2) is 0 Å². The smallest absolute Gasteiger partial charge is 0.220 e. The van der Waals surface area contributed by atoms with E-state index in [1.54, 1.807) is 6.92 Å². The number of rotatable bonds is 17. The van der Waals surface area contributed by atoms with Crippen molar-refractivity contribution in [1.29, 1.82) is 0 Å². The highest BCUT2D eigenvalue weighted by Gasteiger charge is 2.01. The molecule has 0 fully saturated rings. The van der Waals surface area contributed by atoms with Gasteiger partial charge in [0.2, 0.25) is 5.91 Å². The molecule has 0 aromatic heterocycles. The average Bonchev–Trinajstić information content (AvgIpc) is 2.52. The first kappa shape index (κ1) is 23.0. The van der Waals surface area contributed by atoms with Gasteiger partial charge in [0.25, 0.3) is 0 Å². The number of carbonyl (C=O) groups excluding carboxylic acids is 2. The zero-order valence-electron chi connectivity index (χ0n) is 15.3. The Morgan fingerprint density at radius 2 is 1.42 bits per heavy atom. The van der Waals surface area contributed by atoms with Gasteiger partial charge in [0.1, 0.15) is 5.78 Å². The lowest BCUT2D eigenvalue weighted by atomic mass is 10.3. The van der Waals surface area contributed by atoms with Crippen LogP contribution in [-0.4, -0.2) is 70.6 Å². The Kier molecular flexibility index (Phi) is 16.1. The minimum atomic E-state index is 0.0184. The number of Topliss-reactive ketones (excluding diaryl/α,β-unsaturated/α-hetero) is 1. The van der Waals surface area contributed by atoms with E-state index in [0.29, 0.717) is 65.6 Å². The molecule has 0 radical (unpaired) electrons. The Labute approximate surface area is 145 Å². The highest BCUT2D eigenvalue weighted by molar-refractivity contribution is 5.75. The number of hydrogen-bond acceptors (Lipinski definition) is 6. The van der Waals surface area contributed by atoms with Crippen molar-refractivity contribution in [2.75, 3.05) is 52.8 Å². The van der Waals surface area contributed by atoms with Crippen molar-refractivity contribution < 1.29 is 28.5 Å². The van der Waals surface area contributed by atoms with Gasteiger partial charge in [-0.3, -0.25) is 9.59 Å². The van der Waals surface area contributed by atoms with Gasteiger partial charge in [-0.25, -0.2) is 0 Å². The summed E-state index contributed by atoms with van der Waals surface area (Å²) in [7, 11) is 0. The Morgan fingerprint density at radius 1 is 0.833 bits per heavy atom. The predicted octanol–water partition coefficient (Wildman–Crippen LogP) is 1.34. The van der Waals surface area contributed by atoms with Crippen LogP contribution in [0.5, 0.6) is 0 Å². The molecular formula is C17H33NO6. The topological polar surface area (TPSA) is 83.1 Å². The normalized spacial score (nSPS) is 11.0. The van der Waals surface area contributed by atoms with Crippen LogP contribution in [0.15, 0.2) is 0 Å². The number of ketones is 1. The maximum Gasteiger partial charge on any atom is 0.220 e. The van der Waals surface area contributed by atoms with E-state index in [-0.39, 0.29) is 17.8 Å². The molecule has 0 spiro atoms. The average molecular weight is 347 g/mol. The van der Waals surface area contributed by atoms with E-state index in [1.165, 1.54) is 0 Å². The lowest BCUT2D eigenvalue weighted by molar-refractivity contribution is -0.122. The molecule has 1 N–H and O–H groups in total. The fourth-order valence-corrected chi connectivity index (χ4v) is 1.66. The molecule has 0 aliphatic heterocycles. The van der Waals surface area contributed by atoms with Crippen molar-refractivity contribution in [3.05, 3.63) is 0 Å². The molecule has 0 atom stereocenters. The van der Waals surface area contributed by atoms with Gasteiger partial charge in [0.05, 0.1) is 45.7 Å². The number of nitrogens with one attached hydrogen (secondary N) is 1. The summed E-state index contributed by atoms with van der Waals surface area (Å²) in [6.07, 6.45) is 1.85. The molecule has 0 aromatic rings. The van der Waals surface area contributed by atoms with Crippen LogP contribution in [0.1, 0.15) is 40.0 Å². The second-order valence-corrected chi connectivity index (χ2v) is 5.66. The van der Waals surface area contributed by atoms with Crippen LogP contribution in [-0.2, 0) is 28.5 Å². The molecule has 7 nitrogen and oxygen atoms in total. The Balaban J connectivity index is 3.16. The van der Waals surface area contributed by atoms with Gasteiger partial charge < -0.3 is 24.3 Å². The van der Waals surface area contributed by atoms with Crippen molar-refractivity contribution in [3.63, 3.8) is 0 Å². The fourth-order valence-electron chi connectivity index (χ4n) is 1.66. The molecule has 0 unspecified atom stereocenters. The number of hydrogen-bond donors (Lipinski definition) is 1. The van der Waals surface area contributed by atoms with E-state index in [0.717, 1.165) is 6.42 Å². The third kappa shape index (κ3) is 19.0. The number of amides is 1. The summed E-state index contributed by atoms with van der Waals surface area (Å²) >= 11 is 0. The van der Waals surface area contributed by atoms with Gasteiger partial charge in [-0.05, 0) is 27.2 Å². The first-order chi connectivity index (χ1) is 11.5. The zero-order valence-corrected chi connectivity index (χ0v) is 15.3. The number of ether oxygens (including phenoxy) is 4. The molecule has 7 heteroatoms. The summed E-state index contributed by atoms with van der Waals surface area (Å²) in [5, 5.41) is 2.80. The summed E-state index contributed by atoms with van der Waals surface area (Å²) in [5.41, 5.74) is 0. The van der Waals surface area contributed by atoms with Crippen LogP contribution in [0.25, 0.3) is 0 Å². The van der Waals surface area contributed by atoms with Crippen LogP contribution in [0, 0.1) is 0 Å². The van der Waals surface area contributed by atoms with E-state index in [9.17, 15) is 9.59 Å². The van der Waals surface area contributed by atoms with Crippen molar-refractivity contribution in [3.8, 4) is 0 Å². The molecule has 0 saturated carbocycles. The highest BCUT2D eigenvalue weighted by atomic mass is 16.5. The van der Waals surface area contributed by atoms with Gasteiger partial charge in [-0.1, -0.05) is 0 Å². The number of carbonyl (C=O) groups is 2. The van der Waals surface area contributed by atoms with Crippen LogP contribution >= 0.6 is 0 Å². The molecule has 0 bridgehead atoms. The lowest BCUT2D eigenvalue weighted by Crippen LogP contribution is -2.27. The highest BCUT2D eigenvalue weighted by Crippen LogP contribution is 1.94.